The van der Waals surface area contributed by atoms with E-state index in [-0.39, 0.29) is 5.41 Å². The molecule has 0 amide bonds. The van der Waals surface area contributed by atoms with E-state index in [4.69, 9.17) is 10.3 Å². The van der Waals surface area contributed by atoms with Crippen molar-refractivity contribution in [3.63, 3.8) is 0 Å². The Kier molecular flexibility index (Phi) is 7.19. The SMILES string of the molecule is CC1(C)c2ccccc2C2(c3ccccc3-c3ccc(-c4ccc(C5=NC(c6cccc(C#N)c6)[N-]C(c6ccccc6)=C5)cc4)cc32)c2ccccc21. The van der Waals surface area contributed by atoms with Gasteiger partial charge in [-0.05, 0) is 90.5 Å². The zero-order valence-electron chi connectivity index (χ0n) is 30.2. The normalized spacial score (nSPS) is 16.8. The Morgan fingerprint density at radius 2 is 1.11 bits per heavy atom. The summed E-state index contributed by atoms with van der Waals surface area (Å²) in [6, 6.07) is 63.1. The molecule has 0 saturated heterocycles. The van der Waals surface area contributed by atoms with Gasteiger partial charge in [-0.15, -0.1) is 5.70 Å². The lowest BCUT2D eigenvalue weighted by atomic mass is 9.55. The molecule has 0 fully saturated rings. The van der Waals surface area contributed by atoms with Gasteiger partial charge < -0.3 is 5.32 Å². The van der Waals surface area contributed by atoms with E-state index in [0.717, 1.165) is 33.7 Å². The van der Waals surface area contributed by atoms with E-state index >= 15 is 0 Å². The fourth-order valence-electron chi connectivity index (χ4n) is 9.21. The maximum atomic E-state index is 9.59. The number of nitrogens with zero attached hydrogens (tertiary/aromatic N) is 3. The quantitative estimate of drug-likeness (QED) is 0.181. The van der Waals surface area contributed by atoms with Crippen LogP contribution in [-0.2, 0) is 10.8 Å². The van der Waals surface area contributed by atoms with E-state index in [9.17, 15) is 5.26 Å². The van der Waals surface area contributed by atoms with Crippen molar-refractivity contribution in [3.05, 3.63) is 237 Å². The van der Waals surface area contributed by atoms with Crippen molar-refractivity contribution < 1.29 is 0 Å². The van der Waals surface area contributed by atoms with Crippen LogP contribution in [0.15, 0.2) is 181 Å². The van der Waals surface area contributed by atoms with Crippen molar-refractivity contribution in [2.45, 2.75) is 30.8 Å². The first-order chi connectivity index (χ1) is 26.5. The molecule has 256 valence electrons. The lowest BCUT2D eigenvalue weighted by molar-refractivity contribution is 0.563. The smallest absolute Gasteiger partial charge is 0.0991 e. The third-order valence-electron chi connectivity index (χ3n) is 11.7. The van der Waals surface area contributed by atoms with Crippen molar-refractivity contribution in [2.75, 3.05) is 0 Å². The van der Waals surface area contributed by atoms with E-state index in [1.165, 1.54) is 50.1 Å². The van der Waals surface area contributed by atoms with E-state index < -0.39 is 11.6 Å². The zero-order valence-corrected chi connectivity index (χ0v) is 30.2. The number of allylic oxidation sites excluding steroid dienone is 1. The summed E-state index contributed by atoms with van der Waals surface area (Å²) in [4.78, 5) is 5.12. The highest BCUT2D eigenvalue weighted by Crippen LogP contribution is 2.62. The molecule has 1 spiro atoms. The van der Waals surface area contributed by atoms with Crippen molar-refractivity contribution in [3.8, 4) is 28.3 Å². The fraction of sp³-hybridized carbons (Fsp3) is 0.0980. The molecule has 3 nitrogen and oxygen atoms in total. The minimum absolute atomic E-state index is 0.134. The number of hydrogen-bond acceptors (Lipinski definition) is 2. The minimum atomic E-state index is -0.450. The summed E-state index contributed by atoms with van der Waals surface area (Å²) < 4.78 is 0. The van der Waals surface area contributed by atoms with E-state index in [1.807, 2.05) is 42.5 Å². The van der Waals surface area contributed by atoms with Gasteiger partial charge in [0, 0.05) is 11.6 Å². The standard InChI is InChI=1S/C51H36N3/c1-50(2)42-19-8-10-21-44(42)51(45-22-11-9-20-43(45)50)41-18-7-6-17-39(41)40-28-27-37(30-46(40)51)34-23-25-36(26-24-34)48-31-47(35-14-4-3-5-15-35)53-49(54-48)38-16-12-13-33(29-38)32-52/h3-31,49H,1-2H3/q-1. The Hall–Kier alpha value is -6.76. The van der Waals surface area contributed by atoms with Gasteiger partial charge >= 0.3 is 0 Å². The summed E-state index contributed by atoms with van der Waals surface area (Å²) in [7, 11) is 0. The molecule has 0 saturated carbocycles. The second-order valence-corrected chi connectivity index (χ2v) is 15.0. The second-order valence-electron chi connectivity index (χ2n) is 15.0. The predicted octanol–water partition coefficient (Wildman–Crippen LogP) is 12.1. The number of fused-ring (bicyclic) bond motifs is 9. The number of rotatable bonds is 4. The predicted molar refractivity (Wildman–Crippen MR) is 220 cm³/mol. The van der Waals surface area contributed by atoms with Gasteiger partial charge in [0.2, 0.25) is 0 Å². The monoisotopic (exact) mass is 690 g/mol. The summed E-state index contributed by atoms with van der Waals surface area (Å²) in [6.07, 6.45) is 1.62. The molecule has 54 heavy (non-hydrogen) atoms. The molecule has 3 heteroatoms. The Bertz CT molecular complexity index is 2680. The van der Waals surface area contributed by atoms with E-state index in [1.54, 1.807) is 0 Å². The molecular formula is C51H36N3-. The molecule has 0 aromatic heterocycles. The van der Waals surface area contributed by atoms with Gasteiger partial charge in [0.1, 0.15) is 0 Å². The van der Waals surface area contributed by atoms with Crippen molar-refractivity contribution in [1.29, 1.82) is 5.26 Å². The topological polar surface area (TPSA) is 50.2 Å². The fourth-order valence-corrected chi connectivity index (χ4v) is 9.21. The molecule has 3 aliphatic rings. The van der Waals surface area contributed by atoms with Crippen LogP contribution in [-0.4, -0.2) is 5.71 Å². The molecule has 7 aromatic rings. The van der Waals surface area contributed by atoms with Gasteiger partial charge in [0.05, 0.1) is 22.8 Å². The molecule has 7 aromatic carbocycles. The van der Waals surface area contributed by atoms with E-state index in [2.05, 4.69) is 153 Å². The molecule has 2 aliphatic carbocycles. The van der Waals surface area contributed by atoms with Crippen LogP contribution in [0.25, 0.3) is 33.3 Å². The van der Waals surface area contributed by atoms with Crippen molar-refractivity contribution >= 4 is 11.4 Å². The van der Waals surface area contributed by atoms with Gasteiger partial charge in [-0.25, -0.2) is 0 Å². The van der Waals surface area contributed by atoms with E-state index in [0.29, 0.717) is 5.56 Å². The highest BCUT2D eigenvalue weighted by molar-refractivity contribution is 6.14. The third kappa shape index (κ3) is 4.70. The van der Waals surface area contributed by atoms with Crippen LogP contribution in [0, 0.1) is 11.3 Å². The van der Waals surface area contributed by atoms with Crippen LogP contribution in [0.3, 0.4) is 0 Å². The van der Waals surface area contributed by atoms with Crippen LogP contribution in [0.5, 0.6) is 0 Å². The molecule has 1 unspecified atom stereocenters. The maximum Gasteiger partial charge on any atom is 0.0991 e. The number of hydrogen-bond donors (Lipinski definition) is 0. The summed E-state index contributed by atoms with van der Waals surface area (Å²) in [5.74, 6) is 0. The van der Waals surface area contributed by atoms with Gasteiger partial charge in [0.15, 0.2) is 0 Å². The third-order valence-corrected chi connectivity index (χ3v) is 11.7. The van der Waals surface area contributed by atoms with Crippen molar-refractivity contribution in [1.82, 2.24) is 0 Å². The Morgan fingerprint density at radius 3 is 1.81 bits per heavy atom. The summed E-state index contributed by atoms with van der Waals surface area (Å²) in [5, 5.41) is 14.6. The first-order valence-electron chi connectivity index (χ1n) is 18.6. The lowest BCUT2D eigenvalue weighted by Gasteiger charge is -2.46. The molecule has 1 heterocycles. The van der Waals surface area contributed by atoms with Crippen LogP contribution in [0.2, 0.25) is 0 Å². The van der Waals surface area contributed by atoms with Crippen LogP contribution in [0.1, 0.15) is 75.6 Å². The Balaban J connectivity index is 1.10. The highest BCUT2D eigenvalue weighted by Gasteiger charge is 2.53. The van der Waals surface area contributed by atoms with Gasteiger partial charge in [0.25, 0.3) is 0 Å². The van der Waals surface area contributed by atoms with Gasteiger partial charge in [-0.3, -0.25) is 4.99 Å². The van der Waals surface area contributed by atoms with Crippen LogP contribution >= 0.6 is 0 Å². The summed E-state index contributed by atoms with van der Waals surface area (Å²) >= 11 is 0. The molecule has 1 atom stereocenters. The molecular weight excluding hydrogens is 655 g/mol. The molecule has 0 N–H and O–H groups in total. The van der Waals surface area contributed by atoms with Crippen LogP contribution in [0.4, 0.5) is 0 Å². The second kappa shape index (κ2) is 12.2. The Morgan fingerprint density at radius 1 is 0.519 bits per heavy atom. The minimum Gasteiger partial charge on any atom is -0.659 e. The highest BCUT2D eigenvalue weighted by atomic mass is 15.1. The number of aliphatic imine (C=N–C) groups is 1. The average Bonchev–Trinajstić information content (AvgIpc) is 3.53. The lowest BCUT2D eigenvalue weighted by Crippen LogP contribution is -2.40. The maximum absolute atomic E-state index is 9.59. The molecule has 0 bridgehead atoms. The number of nitriles is 1. The Labute approximate surface area is 316 Å². The summed E-state index contributed by atoms with van der Waals surface area (Å²) in [6.45, 7) is 4.73. The first-order valence-corrected chi connectivity index (χ1v) is 18.6. The summed E-state index contributed by atoms with van der Waals surface area (Å²) in [5.41, 5.74) is 17.8. The number of benzene rings is 7. The zero-order chi connectivity index (χ0) is 36.4. The van der Waals surface area contributed by atoms with Crippen LogP contribution < -0.4 is 0 Å². The largest absolute Gasteiger partial charge is 0.659 e. The average molecular weight is 691 g/mol. The molecule has 0 radical (unpaired) electrons. The molecule has 1 aliphatic heterocycles. The van der Waals surface area contributed by atoms with Gasteiger partial charge in [-0.1, -0.05) is 172 Å². The van der Waals surface area contributed by atoms with Gasteiger partial charge in [-0.2, -0.15) is 5.26 Å². The van der Waals surface area contributed by atoms with Crippen molar-refractivity contribution in [2.24, 2.45) is 4.99 Å². The first kappa shape index (κ1) is 31.9. The molecule has 10 rings (SSSR count).